The maximum Gasteiger partial charge on any atom is 0.0534 e. The van der Waals surface area contributed by atoms with Gasteiger partial charge in [0.25, 0.3) is 0 Å². The number of rotatable bonds is 6. The van der Waals surface area contributed by atoms with Crippen LogP contribution in [0.4, 0.5) is 0 Å². The predicted octanol–water partition coefficient (Wildman–Crippen LogP) is 15.5. The lowest BCUT2D eigenvalue weighted by Gasteiger charge is -2.46. The van der Waals surface area contributed by atoms with Gasteiger partial charge in [0.2, 0.25) is 0 Å². The van der Waals surface area contributed by atoms with Crippen LogP contribution in [0.2, 0.25) is 0 Å². The summed E-state index contributed by atoms with van der Waals surface area (Å²) in [5.74, 6) is 8.12. The molecule has 0 N–H and O–H groups in total. The van der Waals surface area contributed by atoms with E-state index in [4.69, 9.17) is 0 Å². The maximum atomic E-state index is 4.13. The van der Waals surface area contributed by atoms with Crippen LogP contribution >= 0.6 is 65.4 Å². The minimum Gasteiger partial charge on any atom is -0.170 e. The van der Waals surface area contributed by atoms with E-state index in [9.17, 15) is 0 Å². The van der Waals surface area contributed by atoms with E-state index >= 15 is 0 Å². The van der Waals surface area contributed by atoms with Gasteiger partial charge < -0.3 is 0 Å². The van der Waals surface area contributed by atoms with Crippen LogP contribution in [0.25, 0.3) is 60.5 Å². The summed E-state index contributed by atoms with van der Waals surface area (Å²) in [5.41, 5.74) is 2.45. The lowest BCUT2D eigenvalue weighted by Crippen LogP contribution is -2.27. The van der Waals surface area contributed by atoms with Crippen LogP contribution in [0, 0.1) is 22.3 Å². The number of thiophene rings is 4. The van der Waals surface area contributed by atoms with Crippen molar-refractivity contribution < 1.29 is 0 Å². The van der Waals surface area contributed by atoms with Gasteiger partial charge in [-0.05, 0) is 75.7 Å². The summed E-state index contributed by atoms with van der Waals surface area (Å²) < 4.78 is 8.17. The van der Waals surface area contributed by atoms with E-state index in [1.165, 1.54) is 71.6 Å². The molecule has 4 aromatic heterocycles. The lowest BCUT2D eigenvalue weighted by atomic mass is 9.98. The molecule has 0 amide bonds. The molecule has 0 spiro atoms. The molecule has 0 aliphatic carbocycles. The first-order valence-corrected chi connectivity index (χ1v) is 25.0. The van der Waals surface area contributed by atoms with Crippen molar-refractivity contribution in [3.8, 4) is 22.3 Å². The van der Waals surface area contributed by atoms with E-state index in [1.54, 1.807) is 0 Å². The van der Waals surface area contributed by atoms with Gasteiger partial charge in [0.15, 0.2) is 0 Å². The van der Waals surface area contributed by atoms with Crippen LogP contribution < -0.4 is 0 Å². The van der Waals surface area contributed by atoms with Crippen LogP contribution in [-0.4, -0.2) is 31.5 Å². The number of hydrogen-bond acceptors (Lipinski definition) is 4. The quantitative estimate of drug-likeness (QED) is 0.148. The molecule has 0 bridgehead atoms. The molecule has 7 aromatic rings. The summed E-state index contributed by atoms with van der Waals surface area (Å²) in [6.07, 6.45) is 0. The minimum atomic E-state index is -1.24. The van der Waals surface area contributed by atoms with Gasteiger partial charge in [-0.15, -0.1) is 45.3 Å². The zero-order chi connectivity index (χ0) is 35.9. The molecule has 0 fully saturated rings. The fourth-order valence-electron chi connectivity index (χ4n) is 8.73. The van der Waals surface area contributed by atoms with Gasteiger partial charge >= 0.3 is 0 Å². The molecule has 0 aliphatic heterocycles. The highest BCUT2D eigenvalue weighted by Gasteiger charge is 2.35. The fraction of sp³-hybridized carbons (Fsp3) is 0.409. The number of fused-ring (bicyclic) bond motifs is 10. The molecular formula is C44H50S6. The highest BCUT2D eigenvalue weighted by atomic mass is 32.3. The van der Waals surface area contributed by atoms with Crippen LogP contribution in [0.5, 0.6) is 0 Å². The van der Waals surface area contributed by atoms with E-state index in [-0.39, 0.29) is 0 Å². The molecule has 0 saturated carbocycles. The Morgan fingerprint density at radius 2 is 0.760 bits per heavy atom. The lowest BCUT2D eigenvalue weighted by molar-refractivity contribution is 0.959. The molecule has 0 atom stereocenters. The van der Waals surface area contributed by atoms with Crippen molar-refractivity contribution in [2.75, 3.05) is 0 Å². The van der Waals surface area contributed by atoms with Crippen molar-refractivity contribution in [2.45, 2.75) is 115 Å². The number of hydrogen-bond donors (Lipinski definition) is 0. The molecule has 6 heteroatoms. The first kappa shape index (κ1) is 36.2. The third-order valence-electron chi connectivity index (χ3n) is 10.9. The first-order chi connectivity index (χ1) is 23.7. The van der Waals surface area contributed by atoms with Gasteiger partial charge in [0.05, 0.1) is 39.3 Å². The molecule has 0 saturated heterocycles. The van der Waals surface area contributed by atoms with Gasteiger partial charge in [-0.25, -0.2) is 0 Å². The van der Waals surface area contributed by atoms with Gasteiger partial charge in [-0.2, -0.15) is 20.1 Å². The molecule has 4 heterocycles. The number of benzene rings is 3. The predicted molar refractivity (Wildman–Crippen MR) is 243 cm³/mol. The second-order valence-corrected chi connectivity index (χ2v) is 28.2. The van der Waals surface area contributed by atoms with E-state index in [0.717, 1.165) is 0 Å². The van der Waals surface area contributed by atoms with Crippen molar-refractivity contribution in [3.05, 3.63) is 58.3 Å². The molecule has 50 heavy (non-hydrogen) atoms. The Bertz CT molecular complexity index is 2310. The normalized spacial score (nSPS) is 13.8. The highest BCUT2D eigenvalue weighted by molar-refractivity contribution is 8.39. The maximum absolute atomic E-state index is 4.13. The van der Waals surface area contributed by atoms with Crippen molar-refractivity contribution in [1.82, 2.24) is 0 Å². The van der Waals surface area contributed by atoms with Gasteiger partial charge in [0.1, 0.15) is 0 Å². The Hall–Kier alpha value is -2.16. The summed E-state index contributed by atoms with van der Waals surface area (Å²) in [4.78, 5) is 0. The van der Waals surface area contributed by atoms with E-state index in [0.29, 0.717) is 31.5 Å². The summed E-state index contributed by atoms with van der Waals surface area (Å²) in [5, 5.41) is 23.8. The summed E-state index contributed by atoms with van der Waals surface area (Å²) in [6.45, 7) is 28.8. The zero-order valence-corrected chi connectivity index (χ0v) is 36.4. The van der Waals surface area contributed by atoms with Gasteiger partial charge in [0, 0.05) is 21.5 Å². The van der Waals surface area contributed by atoms with Gasteiger partial charge in [-0.1, -0.05) is 119 Å². The summed E-state index contributed by atoms with van der Waals surface area (Å²) in [7, 11) is -2.48. The Morgan fingerprint density at radius 1 is 0.420 bits per heavy atom. The largest absolute Gasteiger partial charge is 0.170 e. The third-order valence-corrected chi connectivity index (χ3v) is 25.8. The first-order valence-electron chi connectivity index (χ1n) is 18.0. The van der Waals surface area contributed by atoms with E-state index in [1.807, 2.05) is 45.3 Å². The topological polar surface area (TPSA) is 0 Å². The molecular weight excluding hydrogens is 721 g/mol. The molecule has 0 unspecified atom stereocenters. The Kier molecular flexibility index (Phi) is 9.67. The highest BCUT2D eigenvalue weighted by Crippen LogP contribution is 2.61. The second kappa shape index (κ2) is 13.4. The van der Waals surface area contributed by atoms with Crippen LogP contribution in [0.1, 0.15) is 94.2 Å². The average Bonchev–Trinajstić information content (AvgIpc) is 3.84. The fourth-order valence-corrected chi connectivity index (χ4v) is 22.0. The van der Waals surface area contributed by atoms with Crippen molar-refractivity contribution in [3.63, 3.8) is 0 Å². The Balaban J connectivity index is 1.74. The zero-order valence-electron chi connectivity index (χ0n) is 31.5. The molecule has 0 nitrogen and oxygen atoms in total. The second-order valence-electron chi connectivity index (χ2n) is 15.2. The Morgan fingerprint density at radius 3 is 1.08 bits per heavy atom. The minimum absolute atomic E-state index is 0.517. The summed E-state index contributed by atoms with van der Waals surface area (Å²) in [6, 6.07) is 13.9. The van der Waals surface area contributed by atoms with Crippen molar-refractivity contribution in [1.29, 1.82) is 0 Å². The van der Waals surface area contributed by atoms with Crippen molar-refractivity contribution >= 4 is 126 Å². The molecule has 3 aromatic carbocycles. The van der Waals surface area contributed by atoms with Crippen molar-refractivity contribution in [2.24, 2.45) is 0 Å². The van der Waals surface area contributed by atoms with E-state index in [2.05, 4.69) is 153 Å². The van der Waals surface area contributed by atoms with Crippen LogP contribution in [0.3, 0.4) is 0 Å². The Labute approximate surface area is 318 Å². The average molecular weight is 771 g/mol. The third kappa shape index (κ3) is 5.30. The standard InChI is InChI=1S/C44H50S6/c1-25(2)49(26(3)4,27(5)6)23-19-35-37-33-15-13-31-17-21-45-39(31)43(33)48-42(37)36(20-24-50(28(7)8,29(9)10)30(11)12)38-34-16-14-32-18-22-46-40(32)44(34)47-41(35)38/h13-18,21-22,25-30H,1-12H3. The molecule has 0 radical (unpaired) electrons. The summed E-state index contributed by atoms with van der Waals surface area (Å²) >= 11 is 7.65. The molecule has 7 rings (SSSR count). The SMILES string of the molecule is CC(C)S(C#Cc1c2sc3c(ccc4ccsc43)c2c(C#CS(C(C)C)(C(C)C)C(C)C)c2sc3c(ccc4ccsc43)c12)(C(C)C)C(C)C. The monoisotopic (exact) mass is 770 g/mol. The van der Waals surface area contributed by atoms with Gasteiger partial charge in [-0.3, -0.25) is 0 Å². The molecule has 262 valence electrons. The van der Waals surface area contributed by atoms with Crippen LogP contribution in [0.15, 0.2) is 47.2 Å². The smallest absolute Gasteiger partial charge is 0.0534 e. The molecule has 0 aliphatic rings. The van der Waals surface area contributed by atoms with E-state index < -0.39 is 20.1 Å². The van der Waals surface area contributed by atoms with Crippen LogP contribution in [-0.2, 0) is 0 Å².